The fourth-order valence-electron chi connectivity index (χ4n) is 0. The quantitative estimate of drug-likeness (QED) is 0.414. The van der Waals surface area contributed by atoms with E-state index in [0.29, 0.717) is 0 Å². The van der Waals surface area contributed by atoms with Crippen LogP contribution in [0.1, 0.15) is 0 Å². The van der Waals surface area contributed by atoms with Crippen molar-refractivity contribution in [3.63, 3.8) is 0 Å². The minimum atomic E-state index is -3.63. The molecule has 0 saturated carbocycles. The maximum atomic E-state index is 8.52. The van der Waals surface area contributed by atoms with E-state index in [9.17, 15) is 0 Å². The van der Waals surface area contributed by atoms with Crippen molar-refractivity contribution in [1.82, 2.24) is 0 Å². The van der Waals surface area contributed by atoms with Crippen LogP contribution in [-0.2, 0) is 4.46 Å². The Morgan fingerprint density at radius 1 is 1.14 bits per heavy atom. The van der Waals surface area contributed by atoms with Crippen molar-refractivity contribution in [2.45, 2.75) is 0 Å². The molecule has 0 aliphatic rings. The Morgan fingerprint density at radius 3 is 1.14 bits per heavy atom. The molecule has 7 heavy (non-hydrogen) atoms. The fourth-order valence-corrected chi connectivity index (χ4v) is 0. The Balaban J connectivity index is -0.0000000150. The topological polar surface area (TPSA) is 63.2 Å². The molecule has 0 rings (SSSR count). The van der Waals surface area contributed by atoms with E-state index in [0.717, 1.165) is 0 Å². The molecule has 0 fully saturated rings. The van der Waals surface area contributed by atoms with E-state index < -0.39 is 9.17 Å². The molecule has 0 N–H and O–H groups in total. The summed E-state index contributed by atoms with van der Waals surface area (Å²) in [5.41, 5.74) is 0. The summed E-state index contributed by atoms with van der Waals surface area (Å²) in [5.74, 6) is 0. The fraction of sp³-hybridized carbons (Fsp3) is 0. The molecule has 0 bridgehead atoms. The normalized spacial score (nSPS) is 3.43. The Morgan fingerprint density at radius 2 is 1.14 bits per heavy atom. The van der Waals surface area contributed by atoms with E-state index in [2.05, 4.69) is 0 Å². The molecule has 0 aromatic heterocycles. The van der Waals surface area contributed by atoms with Gasteiger partial charge in [-0.15, -0.1) is 0 Å². The first-order valence-corrected chi connectivity index (χ1v) is 1.84. The number of hydrogen-bond acceptors (Lipinski definition) is 3. The third kappa shape index (κ3) is 56.6. The molecule has 0 aromatic carbocycles. The summed E-state index contributed by atoms with van der Waals surface area (Å²) in [6.07, 6.45) is 0. The van der Waals surface area contributed by atoms with Crippen molar-refractivity contribution < 1.29 is 73.2 Å². The van der Waals surface area contributed by atoms with E-state index in [4.69, 9.17) is 14.1 Å². The first kappa shape index (κ1) is 22.7. The number of rotatable bonds is 0. The van der Waals surface area contributed by atoms with Crippen molar-refractivity contribution in [3.05, 3.63) is 0 Å². The van der Waals surface area contributed by atoms with Crippen molar-refractivity contribution >= 4 is 36.5 Å². The minimum absolute atomic E-state index is 0. The molecular formula is H4Na2O3PbSi. The molecule has 0 unspecified atom stereocenters. The summed E-state index contributed by atoms with van der Waals surface area (Å²) in [7, 11) is -3.63. The van der Waals surface area contributed by atoms with Gasteiger partial charge in [-0.2, -0.15) is 0 Å². The predicted molar refractivity (Wildman–Crippen MR) is 17.8 cm³/mol. The van der Waals surface area contributed by atoms with Crippen LogP contribution < -0.4 is 68.7 Å². The molecule has 0 aromatic rings. The van der Waals surface area contributed by atoms with E-state index in [1.807, 2.05) is 0 Å². The molecule has 0 heterocycles. The summed E-state index contributed by atoms with van der Waals surface area (Å²) in [5, 5.41) is 0. The van der Waals surface area contributed by atoms with E-state index in [-0.39, 0.29) is 86.4 Å². The SMILES string of the molecule is O=[Si]([O-])[O-].[Na+].[Na+].[PbH4]. The predicted octanol–water partition coefficient (Wildman–Crippen LogP) is -10.3. The zero-order valence-corrected chi connectivity index (χ0v) is 8.72. The molecule has 0 radical (unpaired) electrons. The summed E-state index contributed by atoms with van der Waals surface area (Å²) in [6.45, 7) is 0. The van der Waals surface area contributed by atoms with E-state index in [1.165, 1.54) is 0 Å². The van der Waals surface area contributed by atoms with E-state index >= 15 is 0 Å². The molecule has 0 aliphatic heterocycles. The van der Waals surface area contributed by atoms with Crippen LogP contribution in [-0.4, -0.2) is 36.5 Å². The van der Waals surface area contributed by atoms with Crippen molar-refractivity contribution in [1.29, 1.82) is 0 Å². The van der Waals surface area contributed by atoms with Crippen LogP contribution in [0.3, 0.4) is 0 Å². The van der Waals surface area contributed by atoms with Gasteiger partial charge in [-0.1, -0.05) is 0 Å². The molecule has 7 heteroatoms. The van der Waals surface area contributed by atoms with Crippen molar-refractivity contribution in [2.24, 2.45) is 0 Å². The van der Waals surface area contributed by atoms with Crippen molar-refractivity contribution in [3.8, 4) is 0 Å². The zero-order chi connectivity index (χ0) is 3.58. The molecule has 0 saturated heterocycles. The van der Waals surface area contributed by atoms with Gasteiger partial charge in [0.25, 0.3) is 0 Å². The summed E-state index contributed by atoms with van der Waals surface area (Å²) in [6, 6.07) is 0. The van der Waals surface area contributed by atoms with Gasteiger partial charge in [0, 0.05) is 9.17 Å². The average molecular weight is 333 g/mol. The van der Waals surface area contributed by atoms with Crippen LogP contribution >= 0.6 is 0 Å². The molecule has 0 spiro atoms. The third-order valence-corrected chi connectivity index (χ3v) is 0. The second kappa shape index (κ2) is 15.8. The summed E-state index contributed by atoms with van der Waals surface area (Å²) in [4.78, 5) is 17.0. The summed E-state index contributed by atoms with van der Waals surface area (Å²) < 4.78 is 8.52. The molecule has 0 atom stereocenters. The first-order valence-electron chi connectivity index (χ1n) is 0.612. The van der Waals surface area contributed by atoms with Gasteiger partial charge in [-0.05, 0) is 0 Å². The van der Waals surface area contributed by atoms with Gasteiger partial charge < -0.3 is 14.1 Å². The van der Waals surface area contributed by atoms with Crippen LogP contribution in [0.2, 0.25) is 0 Å². The van der Waals surface area contributed by atoms with Gasteiger partial charge in [0.1, 0.15) is 0 Å². The molecule has 0 aliphatic carbocycles. The van der Waals surface area contributed by atoms with Crippen LogP contribution in [0.15, 0.2) is 0 Å². The molecule has 0 amide bonds. The van der Waals surface area contributed by atoms with Crippen LogP contribution in [0.5, 0.6) is 0 Å². The van der Waals surface area contributed by atoms with Gasteiger partial charge in [-0.3, -0.25) is 0 Å². The standard InChI is InChI=1S/2Na.O3Si.Pb.4H/c;;1-4(2)3;;;;;/q2*+1;-2;;;;;. The Hall–Kier alpha value is 2.54. The van der Waals surface area contributed by atoms with Crippen LogP contribution in [0, 0.1) is 0 Å². The first-order chi connectivity index (χ1) is 1.73. The van der Waals surface area contributed by atoms with Gasteiger partial charge in [-0.25, -0.2) is 0 Å². The Kier molecular flexibility index (Phi) is 51.2. The number of hydrogen-bond donors (Lipinski definition) is 0. The van der Waals surface area contributed by atoms with Crippen LogP contribution in [0.4, 0.5) is 0 Å². The van der Waals surface area contributed by atoms with Gasteiger partial charge in [0.15, 0.2) is 0 Å². The average Bonchev–Trinajstić information content (AvgIpc) is 0.811. The second-order valence-corrected chi connectivity index (χ2v) is 0.750. The van der Waals surface area contributed by atoms with Gasteiger partial charge in [0.05, 0.1) is 0 Å². The third-order valence-electron chi connectivity index (χ3n) is 0. The zero-order valence-electron chi connectivity index (χ0n) is 3.72. The van der Waals surface area contributed by atoms with Gasteiger partial charge >= 0.3 is 86.4 Å². The van der Waals surface area contributed by atoms with Crippen LogP contribution in [0.25, 0.3) is 0 Å². The maximum absolute atomic E-state index is 8.52. The second-order valence-electron chi connectivity index (χ2n) is 0.250. The Labute approximate surface area is 108 Å². The van der Waals surface area contributed by atoms with E-state index in [1.54, 1.807) is 0 Å². The molecule has 3 nitrogen and oxygen atoms in total. The van der Waals surface area contributed by atoms with Crippen molar-refractivity contribution in [2.75, 3.05) is 0 Å². The Bertz CT molecular complexity index is 35.9. The van der Waals surface area contributed by atoms with Gasteiger partial charge in [0.2, 0.25) is 0 Å². The molecular weight excluding hydrogens is 329 g/mol. The summed E-state index contributed by atoms with van der Waals surface area (Å²) >= 11 is 0. The monoisotopic (exact) mass is 334 g/mol. The molecule has 32 valence electrons.